The maximum Gasteiger partial charge on any atom is 0.243 e. The van der Waals surface area contributed by atoms with Gasteiger partial charge in [-0.25, -0.2) is 4.39 Å². The summed E-state index contributed by atoms with van der Waals surface area (Å²) in [6.07, 6.45) is 0.462. The van der Waals surface area contributed by atoms with E-state index in [0.717, 1.165) is 0 Å². The Morgan fingerprint density at radius 2 is 1.66 bits per heavy atom. The molecule has 0 bridgehead atoms. The van der Waals surface area contributed by atoms with Gasteiger partial charge in [-0.15, -0.1) is 0 Å². The molecule has 2 amide bonds. The lowest BCUT2D eigenvalue weighted by Gasteiger charge is -2.31. The summed E-state index contributed by atoms with van der Waals surface area (Å²) < 4.78 is 13.2. The van der Waals surface area contributed by atoms with E-state index in [0.29, 0.717) is 27.6 Å². The fourth-order valence-corrected chi connectivity index (χ4v) is 3.55. The molecule has 2 aromatic rings. The molecule has 2 aromatic carbocycles. The van der Waals surface area contributed by atoms with Gasteiger partial charge >= 0.3 is 0 Å². The molecule has 0 radical (unpaired) electrons. The van der Waals surface area contributed by atoms with Crippen LogP contribution in [0, 0.1) is 5.82 Å². The average molecular weight is 439 g/mol. The number of nitrogens with zero attached hydrogens (tertiary/aromatic N) is 1. The van der Waals surface area contributed by atoms with Crippen LogP contribution in [0.1, 0.15) is 38.3 Å². The SMILES string of the molecule is CC[C@H](C(=O)NC(C)C)N(Cc1c(Cl)cccc1Cl)C(=O)Cc1ccc(F)cc1. The van der Waals surface area contributed by atoms with Gasteiger partial charge < -0.3 is 10.2 Å². The minimum atomic E-state index is -0.683. The average Bonchev–Trinajstić information content (AvgIpc) is 2.65. The normalized spacial score (nSPS) is 12.0. The molecule has 0 unspecified atom stereocenters. The molecule has 0 spiro atoms. The van der Waals surface area contributed by atoms with Crippen molar-refractivity contribution in [2.75, 3.05) is 0 Å². The predicted molar refractivity (Wildman–Crippen MR) is 114 cm³/mol. The summed E-state index contributed by atoms with van der Waals surface area (Å²) in [6, 6.07) is 10.1. The predicted octanol–water partition coefficient (Wildman–Crippen LogP) is 5.01. The Morgan fingerprint density at radius 1 is 1.07 bits per heavy atom. The van der Waals surface area contributed by atoms with Gasteiger partial charge in [0, 0.05) is 28.2 Å². The van der Waals surface area contributed by atoms with Gasteiger partial charge in [0.25, 0.3) is 0 Å². The molecule has 0 aliphatic rings. The van der Waals surface area contributed by atoms with E-state index < -0.39 is 6.04 Å². The zero-order chi connectivity index (χ0) is 21.6. The van der Waals surface area contributed by atoms with Crippen molar-refractivity contribution >= 4 is 35.0 Å². The van der Waals surface area contributed by atoms with Crippen molar-refractivity contribution in [3.63, 3.8) is 0 Å². The highest BCUT2D eigenvalue weighted by Gasteiger charge is 2.30. The van der Waals surface area contributed by atoms with Crippen molar-refractivity contribution in [1.82, 2.24) is 10.2 Å². The molecule has 0 aromatic heterocycles. The minimum Gasteiger partial charge on any atom is -0.352 e. The van der Waals surface area contributed by atoms with Gasteiger partial charge in [0.2, 0.25) is 11.8 Å². The fourth-order valence-electron chi connectivity index (χ4n) is 3.03. The molecule has 0 saturated heterocycles. The number of amides is 2. The standard InChI is InChI=1S/C22H25Cl2FN2O2/c1-4-20(22(29)26-14(2)3)27(13-17-18(23)6-5-7-19(17)24)21(28)12-15-8-10-16(25)11-9-15/h5-11,14,20H,4,12-13H2,1-3H3,(H,26,29)/t20-/m1/s1. The van der Waals surface area contributed by atoms with Gasteiger partial charge in [-0.3, -0.25) is 9.59 Å². The molecule has 29 heavy (non-hydrogen) atoms. The highest BCUT2D eigenvalue weighted by molar-refractivity contribution is 6.36. The van der Waals surface area contributed by atoms with E-state index in [4.69, 9.17) is 23.2 Å². The molecule has 7 heteroatoms. The number of benzene rings is 2. The van der Waals surface area contributed by atoms with Gasteiger partial charge in [-0.1, -0.05) is 48.3 Å². The molecule has 1 N–H and O–H groups in total. The number of hydrogen-bond donors (Lipinski definition) is 1. The van der Waals surface area contributed by atoms with Crippen LogP contribution in [0.2, 0.25) is 10.0 Å². The third-order valence-corrected chi connectivity index (χ3v) is 5.18. The van der Waals surface area contributed by atoms with Crippen molar-refractivity contribution in [1.29, 1.82) is 0 Å². The van der Waals surface area contributed by atoms with E-state index in [1.165, 1.54) is 17.0 Å². The van der Waals surface area contributed by atoms with E-state index in [-0.39, 0.29) is 36.6 Å². The molecule has 2 rings (SSSR count). The molecule has 0 fully saturated rings. The van der Waals surface area contributed by atoms with Crippen LogP contribution in [0.25, 0.3) is 0 Å². The zero-order valence-electron chi connectivity index (χ0n) is 16.7. The van der Waals surface area contributed by atoms with Crippen LogP contribution < -0.4 is 5.32 Å². The van der Waals surface area contributed by atoms with Crippen molar-refractivity contribution in [3.8, 4) is 0 Å². The van der Waals surface area contributed by atoms with Gasteiger partial charge in [-0.2, -0.15) is 0 Å². The fraction of sp³-hybridized carbons (Fsp3) is 0.364. The third-order valence-electron chi connectivity index (χ3n) is 4.48. The molecular formula is C22H25Cl2FN2O2. The number of nitrogens with one attached hydrogen (secondary N) is 1. The lowest BCUT2D eigenvalue weighted by molar-refractivity contribution is -0.141. The Bertz CT molecular complexity index is 836. The summed E-state index contributed by atoms with van der Waals surface area (Å²) in [5.41, 5.74) is 1.24. The second kappa shape index (κ2) is 10.6. The first kappa shape index (κ1) is 23.2. The Hall–Kier alpha value is -2.11. The first-order valence-electron chi connectivity index (χ1n) is 9.50. The topological polar surface area (TPSA) is 49.4 Å². The van der Waals surface area contributed by atoms with Crippen LogP contribution in [0.15, 0.2) is 42.5 Å². The van der Waals surface area contributed by atoms with E-state index in [2.05, 4.69) is 5.32 Å². The van der Waals surface area contributed by atoms with E-state index in [9.17, 15) is 14.0 Å². The maximum absolute atomic E-state index is 13.2. The van der Waals surface area contributed by atoms with Crippen LogP contribution in [-0.2, 0) is 22.6 Å². The maximum atomic E-state index is 13.2. The molecule has 0 saturated carbocycles. The van der Waals surface area contributed by atoms with Crippen molar-refractivity contribution < 1.29 is 14.0 Å². The smallest absolute Gasteiger partial charge is 0.243 e. The molecule has 0 aliphatic heterocycles. The molecular weight excluding hydrogens is 414 g/mol. The first-order chi connectivity index (χ1) is 13.7. The molecule has 156 valence electrons. The Balaban J connectivity index is 2.36. The summed E-state index contributed by atoms with van der Waals surface area (Å²) >= 11 is 12.6. The third kappa shape index (κ3) is 6.44. The quantitative estimate of drug-likeness (QED) is 0.629. The van der Waals surface area contributed by atoms with Crippen molar-refractivity contribution in [2.45, 2.75) is 52.2 Å². The largest absolute Gasteiger partial charge is 0.352 e. The Labute approximate surface area is 181 Å². The van der Waals surface area contributed by atoms with Crippen LogP contribution in [0.3, 0.4) is 0 Å². The lowest BCUT2D eigenvalue weighted by atomic mass is 10.1. The van der Waals surface area contributed by atoms with Gasteiger partial charge in [-0.05, 0) is 50.1 Å². The van der Waals surface area contributed by atoms with Crippen molar-refractivity contribution in [2.24, 2.45) is 0 Å². The van der Waals surface area contributed by atoms with E-state index in [1.807, 2.05) is 20.8 Å². The number of rotatable bonds is 8. The van der Waals surface area contributed by atoms with E-state index >= 15 is 0 Å². The zero-order valence-corrected chi connectivity index (χ0v) is 18.2. The second-order valence-electron chi connectivity index (χ2n) is 7.11. The van der Waals surface area contributed by atoms with Gasteiger partial charge in [0.05, 0.1) is 6.42 Å². The van der Waals surface area contributed by atoms with E-state index in [1.54, 1.807) is 30.3 Å². The number of carbonyl (C=O) groups is 2. The molecule has 4 nitrogen and oxygen atoms in total. The highest BCUT2D eigenvalue weighted by Crippen LogP contribution is 2.27. The molecule has 0 aliphatic carbocycles. The van der Waals surface area contributed by atoms with Crippen LogP contribution >= 0.6 is 23.2 Å². The van der Waals surface area contributed by atoms with Gasteiger partial charge in [0.1, 0.15) is 11.9 Å². The summed E-state index contributed by atoms with van der Waals surface area (Å²) in [4.78, 5) is 27.4. The van der Waals surface area contributed by atoms with Crippen LogP contribution in [0.4, 0.5) is 4.39 Å². The Kier molecular flexibility index (Phi) is 8.47. The summed E-state index contributed by atoms with van der Waals surface area (Å²) in [7, 11) is 0. The number of carbonyl (C=O) groups excluding carboxylic acids is 2. The monoisotopic (exact) mass is 438 g/mol. The highest BCUT2D eigenvalue weighted by atomic mass is 35.5. The minimum absolute atomic E-state index is 0.0355. The Morgan fingerprint density at radius 3 is 2.17 bits per heavy atom. The number of hydrogen-bond acceptors (Lipinski definition) is 2. The summed E-state index contributed by atoms with van der Waals surface area (Å²) in [5, 5.41) is 3.72. The van der Waals surface area contributed by atoms with Crippen LogP contribution in [-0.4, -0.2) is 28.8 Å². The molecule has 1 atom stereocenters. The lowest BCUT2D eigenvalue weighted by Crippen LogP contribution is -2.50. The summed E-state index contributed by atoms with van der Waals surface area (Å²) in [6.45, 7) is 5.67. The number of halogens is 3. The second-order valence-corrected chi connectivity index (χ2v) is 7.93. The molecule has 0 heterocycles. The van der Waals surface area contributed by atoms with Crippen molar-refractivity contribution in [3.05, 3.63) is 69.5 Å². The van der Waals surface area contributed by atoms with Gasteiger partial charge in [0.15, 0.2) is 0 Å². The van der Waals surface area contributed by atoms with Crippen LogP contribution in [0.5, 0.6) is 0 Å². The first-order valence-corrected chi connectivity index (χ1v) is 10.3. The summed E-state index contributed by atoms with van der Waals surface area (Å²) in [5.74, 6) is -0.875.